The van der Waals surface area contributed by atoms with Gasteiger partial charge in [0, 0.05) is 13.1 Å². The van der Waals surface area contributed by atoms with Crippen molar-refractivity contribution in [2.75, 3.05) is 26.3 Å². The number of rotatable bonds is 3. The molecular weight excluding hydrogens is 245 g/mol. The minimum atomic E-state index is -5.32. The molecule has 1 fully saturated rings. The molecule has 0 spiro atoms. The van der Waals surface area contributed by atoms with Gasteiger partial charge < -0.3 is 4.74 Å². The fourth-order valence-electron chi connectivity index (χ4n) is 1.64. The van der Waals surface area contributed by atoms with Crippen LogP contribution in [0.25, 0.3) is 0 Å². The van der Waals surface area contributed by atoms with Gasteiger partial charge in [0.2, 0.25) is 6.30 Å². The third kappa shape index (κ3) is 2.60. The standard InChI is InChI=1S/C10H14F5NO/c1-7(2)9(12,10(13,14)15)8(11)16-3-5-17-6-4-16/h8H,1,3-6H2,2H3. The van der Waals surface area contributed by atoms with E-state index in [9.17, 15) is 22.0 Å². The number of nitrogens with zero attached hydrogens (tertiary/aromatic N) is 1. The molecule has 7 heteroatoms. The molecule has 1 saturated heterocycles. The lowest BCUT2D eigenvalue weighted by Gasteiger charge is -2.38. The second-order valence-corrected chi connectivity index (χ2v) is 3.97. The quantitative estimate of drug-likeness (QED) is 0.438. The van der Waals surface area contributed by atoms with Crippen molar-refractivity contribution in [3.05, 3.63) is 12.2 Å². The smallest absolute Gasteiger partial charge is 0.379 e. The predicted octanol–water partition coefficient (Wildman–Crippen LogP) is 2.46. The Morgan fingerprint density at radius 1 is 1.24 bits per heavy atom. The van der Waals surface area contributed by atoms with E-state index in [0.717, 1.165) is 11.8 Å². The monoisotopic (exact) mass is 259 g/mol. The Morgan fingerprint density at radius 2 is 1.71 bits per heavy atom. The molecule has 17 heavy (non-hydrogen) atoms. The Hall–Kier alpha value is -0.690. The van der Waals surface area contributed by atoms with Crippen LogP contribution in [0.5, 0.6) is 0 Å². The molecule has 1 aliphatic heterocycles. The van der Waals surface area contributed by atoms with E-state index in [4.69, 9.17) is 4.74 Å². The van der Waals surface area contributed by atoms with Crippen LogP contribution < -0.4 is 0 Å². The maximum absolute atomic E-state index is 13.9. The highest BCUT2D eigenvalue weighted by atomic mass is 19.4. The van der Waals surface area contributed by atoms with Gasteiger partial charge in [-0.2, -0.15) is 13.2 Å². The van der Waals surface area contributed by atoms with Crippen molar-refractivity contribution in [3.8, 4) is 0 Å². The zero-order valence-electron chi connectivity index (χ0n) is 9.36. The normalized spacial score (nSPS) is 24.1. The van der Waals surface area contributed by atoms with Crippen LogP contribution in [0.3, 0.4) is 0 Å². The van der Waals surface area contributed by atoms with E-state index in [-0.39, 0.29) is 26.3 Å². The maximum atomic E-state index is 13.9. The molecule has 0 aromatic rings. The highest BCUT2D eigenvalue weighted by Crippen LogP contribution is 2.44. The van der Waals surface area contributed by atoms with E-state index in [1.54, 1.807) is 0 Å². The van der Waals surface area contributed by atoms with Crippen LogP contribution in [0.1, 0.15) is 6.92 Å². The summed E-state index contributed by atoms with van der Waals surface area (Å²) in [6.45, 7) is 3.78. The summed E-state index contributed by atoms with van der Waals surface area (Å²) in [5.41, 5.74) is -4.92. The fourth-order valence-corrected chi connectivity index (χ4v) is 1.64. The number of ether oxygens (including phenoxy) is 1. The molecule has 0 N–H and O–H groups in total. The third-order valence-electron chi connectivity index (χ3n) is 2.73. The molecule has 0 radical (unpaired) electrons. The number of morpholine rings is 1. The van der Waals surface area contributed by atoms with Crippen molar-refractivity contribution in [1.82, 2.24) is 4.90 Å². The van der Waals surface area contributed by atoms with E-state index in [1.165, 1.54) is 0 Å². The Kier molecular flexibility index (Phi) is 4.14. The zero-order chi connectivity index (χ0) is 13.3. The minimum absolute atomic E-state index is 0.0732. The third-order valence-corrected chi connectivity index (χ3v) is 2.73. The molecule has 0 aromatic heterocycles. The van der Waals surface area contributed by atoms with Gasteiger partial charge in [0.15, 0.2) is 0 Å². The maximum Gasteiger partial charge on any atom is 0.430 e. The van der Waals surface area contributed by atoms with Gasteiger partial charge in [-0.25, -0.2) is 8.78 Å². The molecule has 0 bridgehead atoms. The highest BCUT2D eigenvalue weighted by molar-refractivity contribution is 5.17. The van der Waals surface area contributed by atoms with E-state index in [2.05, 4.69) is 6.58 Å². The lowest BCUT2D eigenvalue weighted by molar-refractivity contribution is -0.256. The molecule has 2 unspecified atom stereocenters. The van der Waals surface area contributed by atoms with Crippen molar-refractivity contribution in [1.29, 1.82) is 0 Å². The Bertz CT molecular complexity index is 287. The van der Waals surface area contributed by atoms with Crippen molar-refractivity contribution >= 4 is 0 Å². The van der Waals surface area contributed by atoms with Crippen LogP contribution in [0.2, 0.25) is 0 Å². The average molecular weight is 259 g/mol. The van der Waals surface area contributed by atoms with Gasteiger partial charge in [-0.15, -0.1) is 0 Å². The number of hydrogen-bond donors (Lipinski definition) is 0. The van der Waals surface area contributed by atoms with Gasteiger partial charge in [-0.05, 0) is 12.5 Å². The van der Waals surface area contributed by atoms with Gasteiger partial charge in [-0.3, -0.25) is 4.90 Å². The SMILES string of the molecule is C=C(C)C(F)(C(F)N1CCOCC1)C(F)(F)F. The molecule has 2 nitrogen and oxygen atoms in total. The van der Waals surface area contributed by atoms with Crippen LogP contribution in [-0.2, 0) is 4.74 Å². The molecule has 0 saturated carbocycles. The van der Waals surface area contributed by atoms with Crippen LogP contribution in [0.4, 0.5) is 22.0 Å². The van der Waals surface area contributed by atoms with Gasteiger partial charge in [0.05, 0.1) is 13.2 Å². The second-order valence-electron chi connectivity index (χ2n) is 3.97. The van der Waals surface area contributed by atoms with Gasteiger partial charge >= 0.3 is 6.18 Å². The first-order valence-electron chi connectivity index (χ1n) is 5.08. The largest absolute Gasteiger partial charge is 0.430 e. The Morgan fingerprint density at radius 3 is 2.06 bits per heavy atom. The van der Waals surface area contributed by atoms with Gasteiger partial charge in [0.1, 0.15) is 0 Å². The van der Waals surface area contributed by atoms with Gasteiger partial charge in [-0.1, -0.05) is 6.58 Å². The van der Waals surface area contributed by atoms with Crippen molar-refractivity contribution in [2.24, 2.45) is 0 Å². The molecule has 100 valence electrons. The van der Waals surface area contributed by atoms with Crippen LogP contribution in [0.15, 0.2) is 12.2 Å². The van der Waals surface area contributed by atoms with Crippen molar-refractivity contribution in [2.45, 2.75) is 25.1 Å². The summed E-state index contributed by atoms with van der Waals surface area (Å²) in [6.07, 6.45) is -8.11. The lowest BCUT2D eigenvalue weighted by Crippen LogP contribution is -2.58. The first-order chi connectivity index (χ1) is 7.71. The number of alkyl halides is 5. The Balaban J connectivity index is 2.94. The number of halogens is 5. The Labute approximate surface area is 96.0 Å². The zero-order valence-corrected chi connectivity index (χ0v) is 9.36. The van der Waals surface area contributed by atoms with E-state index in [1.807, 2.05) is 0 Å². The summed E-state index contributed by atoms with van der Waals surface area (Å²) >= 11 is 0. The molecule has 1 aliphatic rings. The predicted molar refractivity (Wildman–Crippen MR) is 52.0 cm³/mol. The topological polar surface area (TPSA) is 12.5 Å². The molecule has 0 aromatic carbocycles. The lowest BCUT2D eigenvalue weighted by atomic mass is 9.95. The molecule has 2 atom stereocenters. The molecule has 1 rings (SSSR count). The minimum Gasteiger partial charge on any atom is -0.379 e. The average Bonchev–Trinajstić information content (AvgIpc) is 2.26. The molecule has 0 aliphatic carbocycles. The summed E-state index contributed by atoms with van der Waals surface area (Å²) in [5, 5.41) is 0. The van der Waals surface area contributed by atoms with E-state index in [0.29, 0.717) is 0 Å². The molecule has 0 amide bonds. The van der Waals surface area contributed by atoms with Crippen molar-refractivity contribution in [3.63, 3.8) is 0 Å². The summed E-state index contributed by atoms with van der Waals surface area (Å²) in [6, 6.07) is 0. The fraction of sp³-hybridized carbons (Fsp3) is 0.800. The van der Waals surface area contributed by atoms with Crippen LogP contribution in [0, 0.1) is 0 Å². The second kappa shape index (κ2) is 4.89. The van der Waals surface area contributed by atoms with Crippen molar-refractivity contribution < 1.29 is 26.7 Å². The molecular formula is C10H14F5NO. The van der Waals surface area contributed by atoms with Gasteiger partial charge in [0.25, 0.3) is 5.67 Å². The van der Waals surface area contributed by atoms with E-state index < -0.39 is 23.7 Å². The summed E-state index contributed by atoms with van der Waals surface area (Å²) < 4.78 is 70.5. The van der Waals surface area contributed by atoms with Crippen LogP contribution in [-0.4, -0.2) is 49.3 Å². The summed E-state index contributed by atoms with van der Waals surface area (Å²) in [5.74, 6) is 0. The van der Waals surface area contributed by atoms with E-state index >= 15 is 0 Å². The molecule has 1 heterocycles. The summed E-state index contributed by atoms with van der Waals surface area (Å²) in [4.78, 5) is 0.783. The highest BCUT2D eigenvalue weighted by Gasteiger charge is 2.63. The summed E-state index contributed by atoms with van der Waals surface area (Å²) in [7, 11) is 0. The first-order valence-corrected chi connectivity index (χ1v) is 5.08. The first kappa shape index (κ1) is 14.4. The number of hydrogen-bond acceptors (Lipinski definition) is 2. The van der Waals surface area contributed by atoms with Crippen LogP contribution >= 0.6 is 0 Å².